The van der Waals surface area contributed by atoms with E-state index in [0.717, 1.165) is 13.1 Å². The standard InChI is InChI=1S/C52H38N2/c1-53-31-33-27-45-39-15-7-3-11-35(39)20-24-44(45)48(29-33)52-42-18-10-6-14-38(42)22-26-50(52)54(2)32-34-28-46-40-16-8-4-12-36(40)19-23-43(46)47(30-34)51-41-17-9-5-13-37(41)21-25-49(51)53/h3-30H,31-32H2,1-2H3. The van der Waals surface area contributed by atoms with Crippen LogP contribution >= 0.6 is 0 Å². The molecule has 1 aliphatic heterocycles. The molecule has 10 aromatic rings. The Morgan fingerprint density at radius 3 is 1.09 bits per heavy atom. The van der Waals surface area contributed by atoms with Crippen LogP contribution in [0.1, 0.15) is 11.1 Å². The van der Waals surface area contributed by atoms with E-state index >= 15 is 0 Å². The van der Waals surface area contributed by atoms with E-state index in [9.17, 15) is 0 Å². The highest BCUT2D eigenvalue weighted by Gasteiger charge is 2.22. The summed E-state index contributed by atoms with van der Waals surface area (Å²) < 4.78 is 0. The van der Waals surface area contributed by atoms with Crippen molar-refractivity contribution in [1.82, 2.24) is 0 Å². The molecule has 0 saturated heterocycles. The first kappa shape index (κ1) is 30.9. The Morgan fingerprint density at radius 1 is 0.315 bits per heavy atom. The summed E-state index contributed by atoms with van der Waals surface area (Å²) in [4.78, 5) is 4.94. The molecule has 1 heterocycles. The Balaban J connectivity index is 1.28. The Morgan fingerprint density at radius 2 is 0.667 bits per heavy atom. The molecule has 0 aromatic heterocycles. The van der Waals surface area contributed by atoms with E-state index in [1.807, 2.05) is 0 Å². The van der Waals surface area contributed by atoms with Crippen molar-refractivity contribution >= 4 is 76.0 Å². The van der Waals surface area contributed by atoms with Gasteiger partial charge < -0.3 is 9.80 Å². The maximum atomic E-state index is 2.47. The van der Waals surface area contributed by atoms with Crippen LogP contribution in [0.2, 0.25) is 0 Å². The number of hydrogen-bond donors (Lipinski definition) is 0. The number of fused-ring (bicyclic) bond motifs is 20. The predicted molar refractivity (Wildman–Crippen MR) is 233 cm³/mol. The van der Waals surface area contributed by atoms with E-state index in [0.29, 0.717) is 0 Å². The molecular weight excluding hydrogens is 653 g/mol. The zero-order chi connectivity index (χ0) is 35.9. The lowest BCUT2D eigenvalue weighted by Crippen LogP contribution is -2.19. The van der Waals surface area contributed by atoms with Crippen LogP contribution in [0.3, 0.4) is 0 Å². The molecule has 2 heteroatoms. The molecule has 0 saturated carbocycles. The second-order valence-corrected chi connectivity index (χ2v) is 15.1. The molecule has 0 radical (unpaired) electrons. The van der Waals surface area contributed by atoms with Crippen molar-refractivity contribution in [2.45, 2.75) is 13.1 Å². The number of nitrogens with zero attached hydrogens (tertiary/aromatic N) is 2. The van der Waals surface area contributed by atoms with E-state index in [-0.39, 0.29) is 0 Å². The van der Waals surface area contributed by atoms with Gasteiger partial charge in [0.1, 0.15) is 0 Å². The molecule has 0 atom stereocenters. The van der Waals surface area contributed by atoms with Gasteiger partial charge in [-0.05, 0) is 123 Å². The van der Waals surface area contributed by atoms with Crippen molar-refractivity contribution in [3.63, 3.8) is 0 Å². The van der Waals surface area contributed by atoms with E-state index in [4.69, 9.17) is 0 Å². The fraction of sp³-hybridized carbons (Fsp3) is 0.0769. The van der Waals surface area contributed by atoms with Crippen molar-refractivity contribution in [3.8, 4) is 22.3 Å². The fourth-order valence-corrected chi connectivity index (χ4v) is 9.39. The molecule has 0 amide bonds. The van der Waals surface area contributed by atoms with Crippen LogP contribution in [0.25, 0.3) is 86.9 Å². The van der Waals surface area contributed by atoms with Crippen LogP contribution in [0.15, 0.2) is 170 Å². The third kappa shape index (κ3) is 4.73. The van der Waals surface area contributed by atoms with Gasteiger partial charge in [0.15, 0.2) is 0 Å². The maximum Gasteiger partial charge on any atom is 0.0453 e. The summed E-state index contributed by atoms with van der Waals surface area (Å²) >= 11 is 0. The molecule has 54 heavy (non-hydrogen) atoms. The molecule has 0 fully saturated rings. The highest BCUT2D eigenvalue weighted by molar-refractivity contribution is 6.18. The van der Waals surface area contributed by atoms with Crippen LogP contribution in [0.4, 0.5) is 11.4 Å². The molecule has 4 bridgehead atoms. The highest BCUT2D eigenvalue weighted by Crippen LogP contribution is 2.46. The summed E-state index contributed by atoms with van der Waals surface area (Å²) in [6.07, 6.45) is 0. The van der Waals surface area contributed by atoms with Crippen molar-refractivity contribution < 1.29 is 0 Å². The van der Waals surface area contributed by atoms with Gasteiger partial charge in [-0.3, -0.25) is 0 Å². The SMILES string of the molecule is CN1Cc2cc(c3ccc4ccccc4c3c2)-c2c(ccc3ccccc23)N(C)Cc2cc(c3ccc4ccccc4c3c2)-c2c1ccc1ccccc21. The lowest BCUT2D eigenvalue weighted by molar-refractivity contribution is 0.921. The summed E-state index contributed by atoms with van der Waals surface area (Å²) in [5.41, 5.74) is 10.2. The van der Waals surface area contributed by atoms with Crippen LogP contribution in [-0.2, 0) is 13.1 Å². The Hall–Kier alpha value is -6.64. The van der Waals surface area contributed by atoms with Crippen molar-refractivity contribution in [1.29, 1.82) is 0 Å². The summed E-state index contributed by atoms with van der Waals surface area (Å²) in [5.74, 6) is 0. The number of hydrogen-bond acceptors (Lipinski definition) is 2. The van der Waals surface area contributed by atoms with E-state index in [1.54, 1.807) is 0 Å². The average molecular weight is 691 g/mol. The average Bonchev–Trinajstić information content (AvgIpc) is 3.21. The minimum absolute atomic E-state index is 0.758. The predicted octanol–water partition coefficient (Wildman–Crippen LogP) is 13.5. The normalized spacial score (nSPS) is 13.1. The molecule has 10 aromatic carbocycles. The largest absolute Gasteiger partial charge is 0.370 e. The zero-order valence-electron chi connectivity index (χ0n) is 30.5. The van der Waals surface area contributed by atoms with E-state index in [1.165, 1.54) is 109 Å². The number of benzene rings is 10. The summed E-state index contributed by atoms with van der Waals surface area (Å²) in [6.45, 7) is 1.52. The Labute approximate surface area is 315 Å². The lowest BCUT2D eigenvalue weighted by Gasteiger charge is -2.29. The van der Waals surface area contributed by atoms with Crippen LogP contribution in [0, 0.1) is 0 Å². The zero-order valence-corrected chi connectivity index (χ0v) is 30.5. The van der Waals surface area contributed by atoms with Gasteiger partial charge in [-0.25, -0.2) is 0 Å². The second kappa shape index (κ2) is 11.9. The van der Waals surface area contributed by atoms with Crippen molar-refractivity contribution in [2.24, 2.45) is 0 Å². The first-order valence-corrected chi connectivity index (χ1v) is 18.9. The molecule has 11 rings (SSSR count). The number of anilines is 2. The van der Waals surface area contributed by atoms with Gasteiger partial charge in [0.25, 0.3) is 0 Å². The smallest absolute Gasteiger partial charge is 0.0453 e. The minimum Gasteiger partial charge on any atom is -0.370 e. The quantitative estimate of drug-likeness (QED) is 0.146. The minimum atomic E-state index is 0.758. The van der Waals surface area contributed by atoms with Gasteiger partial charge in [0, 0.05) is 49.7 Å². The van der Waals surface area contributed by atoms with Crippen LogP contribution in [-0.4, -0.2) is 14.1 Å². The molecule has 2 nitrogen and oxygen atoms in total. The Bertz CT molecular complexity index is 2940. The van der Waals surface area contributed by atoms with Gasteiger partial charge in [-0.2, -0.15) is 0 Å². The third-order valence-electron chi connectivity index (χ3n) is 11.9. The second-order valence-electron chi connectivity index (χ2n) is 15.1. The van der Waals surface area contributed by atoms with Crippen LogP contribution in [0.5, 0.6) is 0 Å². The van der Waals surface area contributed by atoms with Gasteiger partial charge in [-0.1, -0.05) is 133 Å². The lowest BCUT2D eigenvalue weighted by atomic mass is 9.87. The topological polar surface area (TPSA) is 6.48 Å². The molecule has 0 aliphatic carbocycles. The first-order valence-electron chi connectivity index (χ1n) is 18.9. The van der Waals surface area contributed by atoms with Crippen molar-refractivity contribution in [2.75, 3.05) is 23.9 Å². The Kier molecular flexibility index (Phi) is 6.84. The van der Waals surface area contributed by atoms with Crippen molar-refractivity contribution in [3.05, 3.63) is 181 Å². The first-order chi connectivity index (χ1) is 26.6. The molecule has 256 valence electrons. The maximum absolute atomic E-state index is 2.47. The highest BCUT2D eigenvalue weighted by atomic mass is 15.1. The molecule has 1 aliphatic rings. The fourth-order valence-electron chi connectivity index (χ4n) is 9.39. The van der Waals surface area contributed by atoms with Gasteiger partial charge in [0.2, 0.25) is 0 Å². The van der Waals surface area contributed by atoms with Gasteiger partial charge in [0.05, 0.1) is 0 Å². The van der Waals surface area contributed by atoms with Gasteiger partial charge in [-0.15, -0.1) is 0 Å². The van der Waals surface area contributed by atoms with Crippen LogP contribution < -0.4 is 9.80 Å². The molecular formula is C52H38N2. The molecule has 0 spiro atoms. The summed E-state index contributed by atoms with van der Waals surface area (Å²) in [7, 11) is 4.54. The summed E-state index contributed by atoms with van der Waals surface area (Å²) in [5, 5.41) is 15.3. The third-order valence-corrected chi connectivity index (χ3v) is 11.9. The monoisotopic (exact) mass is 690 g/mol. The molecule has 0 N–H and O–H groups in total. The molecule has 0 unspecified atom stereocenters. The summed E-state index contributed by atoms with van der Waals surface area (Å²) in [6, 6.07) is 63.8. The van der Waals surface area contributed by atoms with Gasteiger partial charge >= 0.3 is 0 Å². The van der Waals surface area contributed by atoms with E-state index in [2.05, 4.69) is 194 Å². The number of rotatable bonds is 0. The van der Waals surface area contributed by atoms with E-state index < -0.39 is 0 Å².